The highest BCUT2D eigenvalue weighted by Crippen LogP contribution is 2.31. The Balaban J connectivity index is 1.64. The van der Waals surface area contributed by atoms with Gasteiger partial charge in [0.1, 0.15) is 11.3 Å². The first-order valence-electron chi connectivity index (χ1n) is 9.33. The molecule has 2 aliphatic rings. The second kappa shape index (κ2) is 7.93. The summed E-state index contributed by atoms with van der Waals surface area (Å²) in [6, 6.07) is 3.57. The number of furan rings is 1. The van der Waals surface area contributed by atoms with Crippen molar-refractivity contribution in [3.63, 3.8) is 0 Å². The van der Waals surface area contributed by atoms with Gasteiger partial charge in [-0.1, -0.05) is 19.3 Å². The molecule has 7 heteroatoms. The smallest absolute Gasteiger partial charge is 0.331 e. The largest absolute Gasteiger partial charge is 0.467 e. The minimum absolute atomic E-state index is 0.0737. The fourth-order valence-electron chi connectivity index (χ4n) is 3.83. The van der Waals surface area contributed by atoms with Crippen LogP contribution in [0.1, 0.15) is 51.2 Å². The highest BCUT2D eigenvalue weighted by Gasteiger charge is 2.45. The van der Waals surface area contributed by atoms with E-state index in [9.17, 15) is 14.4 Å². The van der Waals surface area contributed by atoms with Crippen LogP contribution in [0.3, 0.4) is 0 Å². The van der Waals surface area contributed by atoms with E-state index in [-0.39, 0.29) is 30.8 Å². The zero-order valence-corrected chi connectivity index (χ0v) is 15.2. The molecule has 7 nitrogen and oxygen atoms in total. The van der Waals surface area contributed by atoms with Crippen LogP contribution in [0, 0.1) is 5.92 Å². The molecule has 26 heavy (non-hydrogen) atoms. The summed E-state index contributed by atoms with van der Waals surface area (Å²) in [5.41, 5.74) is -0.942. The third-order valence-corrected chi connectivity index (χ3v) is 5.25. The number of carbonyl (C=O) groups excluding carboxylic acids is 3. The first-order valence-corrected chi connectivity index (χ1v) is 9.33. The number of nitrogens with zero attached hydrogens (tertiary/aromatic N) is 1. The predicted octanol–water partition coefficient (Wildman–Crippen LogP) is 2.01. The molecular formula is C19H26N2O5. The summed E-state index contributed by atoms with van der Waals surface area (Å²) in [5.74, 6) is -0.434. The van der Waals surface area contributed by atoms with E-state index < -0.39 is 11.5 Å². The van der Waals surface area contributed by atoms with E-state index in [0.717, 1.165) is 19.3 Å². The molecule has 2 fully saturated rings. The molecule has 2 heterocycles. The molecule has 1 atom stereocenters. The average molecular weight is 362 g/mol. The Morgan fingerprint density at radius 3 is 2.77 bits per heavy atom. The van der Waals surface area contributed by atoms with Crippen LogP contribution < -0.4 is 5.32 Å². The molecule has 1 aromatic rings. The fourth-order valence-corrected chi connectivity index (χ4v) is 3.83. The molecule has 1 saturated heterocycles. The van der Waals surface area contributed by atoms with Gasteiger partial charge in [-0.15, -0.1) is 0 Å². The van der Waals surface area contributed by atoms with E-state index in [4.69, 9.17) is 9.15 Å². The SMILES string of the molecule is CCOC(=O)C1(NC(=O)C2CC(=O)N(Cc3ccco3)C2)CCCCC1. The van der Waals surface area contributed by atoms with Gasteiger partial charge in [0.15, 0.2) is 0 Å². The standard InChI is InChI=1S/C19H26N2O5/c1-2-25-18(24)19(8-4-3-5-9-19)20-17(23)14-11-16(22)21(12-14)13-15-7-6-10-26-15/h6-7,10,14H,2-5,8-9,11-13H2,1H3,(H,20,23). The van der Waals surface area contributed by atoms with Gasteiger partial charge in [0, 0.05) is 13.0 Å². The highest BCUT2D eigenvalue weighted by atomic mass is 16.5. The quantitative estimate of drug-likeness (QED) is 0.782. The van der Waals surface area contributed by atoms with E-state index in [1.165, 1.54) is 0 Å². The molecule has 3 rings (SSSR count). The molecule has 0 radical (unpaired) electrons. The summed E-state index contributed by atoms with van der Waals surface area (Å²) < 4.78 is 10.5. The van der Waals surface area contributed by atoms with Gasteiger partial charge in [-0.25, -0.2) is 4.79 Å². The van der Waals surface area contributed by atoms with Gasteiger partial charge in [0.25, 0.3) is 0 Å². The lowest BCUT2D eigenvalue weighted by atomic mass is 9.81. The van der Waals surface area contributed by atoms with E-state index in [1.807, 2.05) is 0 Å². The van der Waals surface area contributed by atoms with Crippen molar-refractivity contribution in [1.82, 2.24) is 10.2 Å². The lowest BCUT2D eigenvalue weighted by Crippen LogP contribution is -2.57. The lowest BCUT2D eigenvalue weighted by Gasteiger charge is -2.36. The Hall–Kier alpha value is -2.31. The van der Waals surface area contributed by atoms with E-state index in [1.54, 1.807) is 30.2 Å². The third kappa shape index (κ3) is 3.92. The van der Waals surface area contributed by atoms with Crippen molar-refractivity contribution in [2.24, 2.45) is 5.92 Å². The second-order valence-corrected chi connectivity index (χ2v) is 7.11. The molecule has 2 amide bonds. The van der Waals surface area contributed by atoms with E-state index in [0.29, 0.717) is 31.7 Å². The van der Waals surface area contributed by atoms with Gasteiger partial charge in [-0.3, -0.25) is 9.59 Å². The first kappa shape index (κ1) is 18.5. The molecule has 1 unspecified atom stereocenters. The second-order valence-electron chi connectivity index (χ2n) is 7.11. The number of esters is 1. The van der Waals surface area contributed by atoms with Crippen LogP contribution in [0.25, 0.3) is 0 Å². The normalized spacial score (nSPS) is 22.3. The van der Waals surface area contributed by atoms with Crippen LogP contribution >= 0.6 is 0 Å². The van der Waals surface area contributed by atoms with Crippen LogP contribution in [0.5, 0.6) is 0 Å². The van der Waals surface area contributed by atoms with Gasteiger partial charge in [-0.2, -0.15) is 0 Å². The maximum absolute atomic E-state index is 12.8. The highest BCUT2D eigenvalue weighted by molar-refractivity contribution is 5.93. The van der Waals surface area contributed by atoms with Crippen molar-refractivity contribution in [3.8, 4) is 0 Å². The van der Waals surface area contributed by atoms with Crippen molar-refractivity contribution in [2.45, 2.75) is 57.5 Å². The van der Waals surface area contributed by atoms with E-state index >= 15 is 0 Å². The fraction of sp³-hybridized carbons (Fsp3) is 0.632. The van der Waals surface area contributed by atoms with Gasteiger partial charge >= 0.3 is 5.97 Å². The van der Waals surface area contributed by atoms with Crippen molar-refractivity contribution < 1.29 is 23.5 Å². The average Bonchev–Trinajstić information content (AvgIpc) is 3.27. The number of amides is 2. The zero-order valence-electron chi connectivity index (χ0n) is 15.2. The molecule has 1 aromatic heterocycles. The molecule has 1 N–H and O–H groups in total. The summed E-state index contributed by atoms with van der Waals surface area (Å²) in [5, 5.41) is 2.94. The van der Waals surface area contributed by atoms with Gasteiger partial charge < -0.3 is 19.4 Å². The molecule has 142 valence electrons. The maximum atomic E-state index is 12.8. The Bertz CT molecular complexity index is 649. The summed E-state index contributed by atoms with van der Waals surface area (Å²) in [4.78, 5) is 39.1. The number of hydrogen-bond acceptors (Lipinski definition) is 5. The topological polar surface area (TPSA) is 88.8 Å². The van der Waals surface area contributed by atoms with Crippen molar-refractivity contribution >= 4 is 17.8 Å². The molecule has 0 spiro atoms. The van der Waals surface area contributed by atoms with Crippen LogP contribution in [0.15, 0.2) is 22.8 Å². The predicted molar refractivity (Wildman–Crippen MR) is 92.8 cm³/mol. The molecule has 0 aromatic carbocycles. The Morgan fingerprint density at radius 2 is 2.12 bits per heavy atom. The van der Waals surface area contributed by atoms with Crippen LogP contribution in [-0.2, 0) is 25.7 Å². The molecule has 1 saturated carbocycles. The van der Waals surface area contributed by atoms with Gasteiger partial charge in [0.05, 0.1) is 25.3 Å². The molecule has 1 aliphatic heterocycles. The monoisotopic (exact) mass is 362 g/mol. The number of hydrogen-bond donors (Lipinski definition) is 1. The summed E-state index contributed by atoms with van der Waals surface area (Å²) >= 11 is 0. The molecular weight excluding hydrogens is 336 g/mol. The van der Waals surface area contributed by atoms with Crippen molar-refractivity contribution in [1.29, 1.82) is 0 Å². The number of ether oxygens (including phenoxy) is 1. The van der Waals surface area contributed by atoms with Crippen LogP contribution in [-0.4, -0.2) is 41.4 Å². The summed E-state index contributed by atoms with van der Waals surface area (Å²) in [7, 11) is 0. The molecule has 1 aliphatic carbocycles. The van der Waals surface area contributed by atoms with Gasteiger partial charge in [-0.05, 0) is 31.9 Å². The summed E-state index contributed by atoms with van der Waals surface area (Å²) in [6.07, 6.45) is 5.72. The molecule has 0 bridgehead atoms. The Morgan fingerprint density at radius 1 is 1.35 bits per heavy atom. The summed E-state index contributed by atoms with van der Waals surface area (Å²) in [6.45, 7) is 2.75. The number of rotatable bonds is 6. The van der Waals surface area contributed by atoms with Crippen molar-refractivity contribution in [2.75, 3.05) is 13.2 Å². The number of nitrogens with one attached hydrogen (secondary N) is 1. The third-order valence-electron chi connectivity index (χ3n) is 5.25. The van der Waals surface area contributed by atoms with Crippen molar-refractivity contribution in [3.05, 3.63) is 24.2 Å². The minimum Gasteiger partial charge on any atom is -0.467 e. The lowest BCUT2D eigenvalue weighted by molar-refractivity contribution is -0.155. The number of likely N-dealkylation sites (tertiary alicyclic amines) is 1. The number of carbonyl (C=O) groups is 3. The first-order chi connectivity index (χ1) is 12.5. The zero-order chi connectivity index (χ0) is 18.6. The van der Waals surface area contributed by atoms with E-state index in [2.05, 4.69) is 5.32 Å². The van der Waals surface area contributed by atoms with Crippen LogP contribution in [0.2, 0.25) is 0 Å². The Kier molecular flexibility index (Phi) is 5.64. The van der Waals surface area contributed by atoms with Crippen LogP contribution in [0.4, 0.5) is 0 Å². The minimum atomic E-state index is -0.942. The van der Waals surface area contributed by atoms with Gasteiger partial charge in [0.2, 0.25) is 11.8 Å². The maximum Gasteiger partial charge on any atom is 0.331 e. The Labute approximate surface area is 153 Å².